The highest BCUT2D eigenvalue weighted by Crippen LogP contribution is 2.23. The van der Waals surface area contributed by atoms with Crippen LogP contribution in [0.4, 0.5) is 0 Å². The summed E-state index contributed by atoms with van der Waals surface area (Å²) in [6.07, 6.45) is 7.38. The van der Waals surface area contributed by atoms with E-state index < -0.39 is 0 Å². The van der Waals surface area contributed by atoms with Gasteiger partial charge in [-0.05, 0) is 12.6 Å². The van der Waals surface area contributed by atoms with E-state index in [2.05, 4.69) is 17.4 Å². The number of hydrogen-bond donors (Lipinski definition) is 1. The van der Waals surface area contributed by atoms with Crippen LogP contribution < -0.4 is 5.32 Å². The maximum absolute atomic E-state index is 10.8. The van der Waals surface area contributed by atoms with Crippen molar-refractivity contribution >= 4 is 5.78 Å². The van der Waals surface area contributed by atoms with Crippen LogP contribution in [0.1, 0.15) is 5.56 Å². The van der Waals surface area contributed by atoms with Crippen LogP contribution in [0.5, 0.6) is 0 Å². The number of carbonyl (C=O) groups is 1. The van der Waals surface area contributed by atoms with Crippen LogP contribution in [0.3, 0.4) is 0 Å². The molecule has 86 valence electrons. The number of allylic oxidation sites excluding steroid dienone is 6. The van der Waals surface area contributed by atoms with Gasteiger partial charge in [-0.1, -0.05) is 54.6 Å². The van der Waals surface area contributed by atoms with Crippen molar-refractivity contribution < 1.29 is 4.79 Å². The van der Waals surface area contributed by atoms with Crippen molar-refractivity contribution in [1.82, 2.24) is 5.32 Å². The molecular formula is C15H15NO. The number of Topliss-reactive ketones (excluding diaryl/α,β-unsaturated/α-hetero) is 1. The number of ketones is 1. The number of carbonyl (C=O) groups excluding carboxylic acids is 1. The van der Waals surface area contributed by atoms with E-state index in [0.29, 0.717) is 0 Å². The van der Waals surface area contributed by atoms with Crippen molar-refractivity contribution in [2.75, 3.05) is 7.05 Å². The first-order chi connectivity index (χ1) is 8.31. The van der Waals surface area contributed by atoms with E-state index >= 15 is 0 Å². The molecule has 3 rings (SSSR count). The predicted molar refractivity (Wildman–Crippen MR) is 69.5 cm³/mol. The van der Waals surface area contributed by atoms with Gasteiger partial charge in [-0.25, -0.2) is 0 Å². The molecule has 0 fully saturated rings. The summed E-state index contributed by atoms with van der Waals surface area (Å²) in [4.78, 5) is 10.8. The molecule has 2 nitrogen and oxygen atoms in total. The quantitative estimate of drug-likeness (QED) is 0.837. The summed E-state index contributed by atoms with van der Waals surface area (Å²) < 4.78 is 0. The fourth-order valence-electron chi connectivity index (χ4n) is 1.74. The second-order valence-corrected chi connectivity index (χ2v) is 3.92. The first-order valence-electron chi connectivity index (χ1n) is 5.64. The molecule has 1 aromatic rings. The molecule has 2 heteroatoms. The highest BCUT2D eigenvalue weighted by atomic mass is 16.1. The summed E-state index contributed by atoms with van der Waals surface area (Å²) >= 11 is 0. The lowest BCUT2D eigenvalue weighted by Crippen LogP contribution is -2.04. The fraction of sp³-hybridized carbons (Fsp3) is 0.133. The van der Waals surface area contributed by atoms with Gasteiger partial charge in [0.15, 0.2) is 5.78 Å². The maximum Gasteiger partial charge on any atom is 0.193 e. The Hall–Kier alpha value is -1.93. The summed E-state index contributed by atoms with van der Waals surface area (Å²) in [7, 11) is 1.95. The van der Waals surface area contributed by atoms with Crippen LogP contribution in [-0.4, -0.2) is 12.8 Å². The average Bonchev–Trinajstić information content (AvgIpc) is 2.90. The van der Waals surface area contributed by atoms with Crippen LogP contribution in [0.15, 0.2) is 65.8 Å². The standard InChI is InChI=1S/C8H11N.C7H4O/c1-9-7-8-5-3-2-4-6-8;8-7-5-1-2-6(7)4-3-5/h2-6,9H,7H2,1H3;1-4H. The van der Waals surface area contributed by atoms with Gasteiger partial charge in [0.25, 0.3) is 0 Å². The molecule has 0 saturated heterocycles. The molecule has 0 aromatic heterocycles. The topological polar surface area (TPSA) is 29.1 Å². The van der Waals surface area contributed by atoms with Gasteiger partial charge >= 0.3 is 0 Å². The Morgan fingerprint density at radius 3 is 1.94 bits per heavy atom. The first kappa shape index (κ1) is 11.6. The highest BCUT2D eigenvalue weighted by Gasteiger charge is 2.19. The molecule has 1 aromatic carbocycles. The van der Waals surface area contributed by atoms with Crippen molar-refractivity contribution in [3.63, 3.8) is 0 Å². The molecular weight excluding hydrogens is 210 g/mol. The van der Waals surface area contributed by atoms with E-state index in [1.54, 1.807) is 0 Å². The van der Waals surface area contributed by atoms with Crippen molar-refractivity contribution in [3.8, 4) is 0 Å². The largest absolute Gasteiger partial charge is 0.316 e. The smallest absolute Gasteiger partial charge is 0.193 e. The van der Waals surface area contributed by atoms with Crippen molar-refractivity contribution in [3.05, 3.63) is 71.3 Å². The Balaban J connectivity index is 0.000000127. The maximum atomic E-state index is 10.8. The minimum absolute atomic E-state index is 0.185. The summed E-state index contributed by atoms with van der Waals surface area (Å²) in [5, 5.41) is 3.08. The van der Waals surface area contributed by atoms with Crippen LogP contribution in [0, 0.1) is 0 Å². The van der Waals surface area contributed by atoms with Gasteiger partial charge in [0.2, 0.25) is 0 Å². The average molecular weight is 225 g/mol. The molecule has 2 aliphatic rings. The Bertz CT molecular complexity index is 471. The Morgan fingerprint density at radius 2 is 1.59 bits per heavy atom. The fourth-order valence-corrected chi connectivity index (χ4v) is 1.74. The lowest BCUT2D eigenvalue weighted by molar-refractivity contribution is -0.111. The summed E-state index contributed by atoms with van der Waals surface area (Å²) in [6.45, 7) is 0.959. The first-order valence-corrected chi connectivity index (χ1v) is 5.64. The molecule has 0 heterocycles. The third-order valence-electron chi connectivity index (χ3n) is 2.63. The normalized spacial score (nSPS) is 15.2. The Morgan fingerprint density at radius 1 is 1.00 bits per heavy atom. The second-order valence-electron chi connectivity index (χ2n) is 3.92. The Kier molecular flexibility index (Phi) is 3.68. The molecule has 0 amide bonds. The third-order valence-corrected chi connectivity index (χ3v) is 2.63. The van der Waals surface area contributed by atoms with Gasteiger partial charge in [0.1, 0.15) is 0 Å². The van der Waals surface area contributed by atoms with Crippen LogP contribution in [-0.2, 0) is 11.3 Å². The molecule has 0 radical (unpaired) electrons. The summed E-state index contributed by atoms with van der Waals surface area (Å²) in [5.74, 6) is 0.185. The number of fused-ring (bicyclic) bond motifs is 2. The van der Waals surface area contributed by atoms with E-state index in [9.17, 15) is 4.79 Å². The zero-order valence-electron chi connectivity index (χ0n) is 9.81. The van der Waals surface area contributed by atoms with E-state index in [-0.39, 0.29) is 5.78 Å². The van der Waals surface area contributed by atoms with Gasteiger partial charge < -0.3 is 5.32 Å². The zero-order chi connectivity index (χ0) is 12.1. The number of rotatable bonds is 2. The number of nitrogens with one attached hydrogen (secondary N) is 1. The van der Waals surface area contributed by atoms with E-state index in [1.165, 1.54) is 5.56 Å². The van der Waals surface area contributed by atoms with Crippen molar-refractivity contribution in [1.29, 1.82) is 0 Å². The molecule has 0 spiro atoms. The summed E-state index contributed by atoms with van der Waals surface area (Å²) in [6, 6.07) is 10.3. The molecule has 0 aliphatic heterocycles. The zero-order valence-corrected chi connectivity index (χ0v) is 9.81. The van der Waals surface area contributed by atoms with E-state index in [1.807, 2.05) is 49.6 Å². The monoisotopic (exact) mass is 225 g/mol. The van der Waals surface area contributed by atoms with Crippen molar-refractivity contribution in [2.24, 2.45) is 0 Å². The molecule has 2 aliphatic carbocycles. The van der Waals surface area contributed by atoms with E-state index in [0.717, 1.165) is 17.7 Å². The molecule has 2 bridgehead atoms. The van der Waals surface area contributed by atoms with Gasteiger partial charge in [0.05, 0.1) is 0 Å². The summed E-state index contributed by atoms with van der Waals surface area (Å²) in [5.41, 5.74) is 3.00. The molecule has 1 N–H and O–H groups in total. The lowest BCUT2D eigenvalue weighted by Gasteiger charge is -1.95. The van der Waals surface area contributed by atoms with E-state index in [4.69, 9.17) is 0 Å². The number of hydrogen-bond acceptors (Lipinski definition) is 2. The predicted octanol–water partition coefficient (Wildman–Crippen LogP) is 2.40. The number of benzene rings is 1. The molecule has 0 atom stereocenters. The SMILES string of the molecule is CNCc1ccccc1.O=C1C2=CC=C1C=C2. The second kappa shape index (κ2) is 5.41. The molecule has 0 saturated carbocycles. The molecule has 0 unspecified atom stereocenters. The third kappa shape index (κ3) is 2.80. The Labute approximate surface area is 101 Å². The minimum Gasteiger partial charge on any atom is -0.316 e. The van der Waals surface area contributed by atoms with Gasteiger partial charge in [-0.3, -0.25) is 4.79 Å². The van der Waals surface area contributed by atoms with Gasteiger partial charge in [-0.2, -0.15) is 0 Å². The van der Waals surface area contributed by atoms with Crippen molar-refractivity contribution in [2.45, 2.75) is 6.54 Å². The van der Waals surface area contributed by atoms with Gasteiger partial charge in [0, 0.05) is 17.7 Å². The van der Waals surface area contributed by atoms with Crippen LogP contribution in [0.2, 0.25) is 0 Å². The lowest BCUT2D eigenvalue weighted by atomic mass is 10.2. The minimum atomic E-state index is 0.185. The van der Waals surface area contributed by atoms with Crippen LogP contribution >= 0.6 is 0 Å². The highest BCUT2D eigenvalue weighted by molar-refractivity contribution is 6.17. The van der Waals surface area contributed by atoms with Crippen LogP contribution in [0.25, 0.3) is 0 Å². The van der Waals surface area contributed by atoms with Gasteiger partial charge in [-0.15, -0.1) is 0 Å². The molecule has 17 heavy (non-hydrogen) atoms.